The Hall–Kier alpha value is -2.25. The van der Waals surface area contributed by atoms with Crippen molar-refractivity contribution in [2.75, 3.05) is 25.0 Å². The van der Waals surface area contributed by atoms with Crippen LogP contribution in [0.2, 0.25) is 0 Å². The van der Waals surface area contributed by atoms with Gasteiger partial charge in [0.2, 0.25) is 5.91 Å². The van der Waals surface area contributed by atoms with E-state index in [-0.39, 0.29) is 18.8 Å². The van der Waals surface area contributed by atoms with Crippen LogP contribution in [0.15, 0.2) is 24.3 Å². The summed E-state index contributed by atoms with van der Waals surface area (Å²) in [7, 11) is 0. The number of benzene rings is 1. The van der Waals surface area contributed by atoms with Gasteiger partial charge in [-0.2, -0.15) is 13.2 Å². The maximum atomic E-state index is 12.7. The van der Waals surface area contributed by atoms with Gasteiger partial charge >= 0.3 is 12.3 Å². The maximum Gasteiger partial charge on any atom is 0.416 e. The van der Waals surface area contributed by atoms with Crippen molar-refractivity contribution >= 4 is 17.7 Å². The Bertz CT molecular complexity index is 604. The average Bonchev–Trinajstić information content (AvgIpc) is 2.54. The van der Waals surface area contributed by atoms with Gasteiger partial charge < -0.3 is 15.0 Å². The van der Waals surface area contributed by atoms with E-state index in [0.29, 0.717) is 19.4 Å². The van der Waals surface area contributed by atoms with Gasteiger partial charge in [-0.15, -0.1) is 0 Å². The summed E-state index contributed by atoms with van der Waals surface area (Å²) in [4.78, 5) is 25.5. The number of ether oxygens (including phenoxy) is 1. The van der Waals surface area contributed by atoms with E-state index in [9.17, 15) is 22.8 Å². The van der Waals surface area contributed by atoms with Crippen LogP contribution in [-0.2, 0) is 15.7 Å². The molecule has 1 N–H and O–H groups in total. The van der Waals surface area contributed by atoms with Gasteiger partial charge in [0.15, 0.2) is 0 Å². The minimum absolute atomic E-state index is 0.0862. The zero-order valence-electron chi connectivity index (χ0n) is 13.2. The van der Waals surface area contributed by atoms with Gasteiger partial charge in [0.25, 0.3) is 0 Å². The van der Waals surface area contributed by atoms with E-state index in [4.69, 9.17) is 4.74 Å². The third kappa shape index (κ3) is 4.62. The van der Waals surface area contributed by atoms with Crippen molar-refractivity contribution in [3.8, 4) is 0 Å². The fraction of sp³-hybridized carbons (Fsp3) is 0.500. The number of anilines is 1. The molecule has 0 unspecified atom stereocenters. The van der Waals surface area contributed by atoms with Gasteiger partial charge in [0.1, 0.15) is 0 Å². The minimum atomic E-state index is -4.47. The first-order valence-corrected chi connectivity index (χ1v) is 7.71. The highest BCUT2D eigenvalue weighted by molar-refractivity contribution is 5.93. The van der Waals surface area contributed by atoms with Crippen molar-refractivity contribution in [3.63, 3.8) is 0 Å². The molecule has 1 fully saturated rings. The molecule has 0 bridgehead atoms. The van der Waals surface area contributed by atoms with Crippen LogP contribution in [0.1, 0.15) is 25.3 Å². The van der Waals surface area contributed by atoms with E-state index in [0.717, 1.165) is 12.1 Å². The minimum Gasteiger partial charge on any atom is -0.450 e. The molecule has 1 saturated heterocycles. The van der Waals surface area contributed by atoms with Crippen molar-refractivity contribution in [3.05, 3.63) is 29.8 Å². The summed E-state index contributed by atoms with van der Waals surface area (Å²) in [5.74, 6) is -0.874. The molecule has 1 atom stereocenters. The van der Waals surface area contributed by atoms with Gasteiger partial charge in [-0.3, -0.25) is 4.79 Å². The molecule has 2 rings (SSSR count). The van der Waals surface area contributed by atoms with Gasteiger partial charge in [0, 0.05) is 18.8 Å². The van der Waals surface area contributed by atoms with Gasteiger partial charge in [-0.25, -0.2) is 4.79 Å². The smallest absolute Gasteiger partial charge is 0.416 e. The maximum absolute atomic E-state index is 12.7. The summed E-state index contributed by atoms with van der Waals surface area (Å²) in [5.41, 5.74) is -0.736. The Labute approximate surface area is 137 Å². The molecule has 1 heterocycles. The van der Waals surface area contributed by atoms with Crippen LogP contribution in [0.5, 0.6) is 0 Å². The van der Waals surface area contributed by atoms with Crippen molar-refractivity contribution in [1.82, 2.24) is 4.90 Å². The fourth-order valence-electron chi connectivity index (χ4n) is 2.59. The van der Waals surface area contributed by atoms with Crippen molar-refractivity contribution < 1.29 is 27.5 Å². The number of halogens is 3. The number of rotatable bonds is 3. The molecule has 1 aliphatic rings. The molecule has 0 saturated carbocycles. The number of carbonyl (C=O) groups excluding carboxylic acids is 2. The van der Waals surface area contributed by atoms with Crippen LogP contribution in [0.4, 0.5) is 23.7 Å². The molecule has 8 heteroatoms. The van der Waals surface area contributed by atoms with Crippen LogP contribution in [0.3, 0.4) is 0 Å². The number of nitrogens with one attached hydrogen (secondary N) is 1. The number of carbonyl (C=O) groups is 2. The normalized spacial score (nSPS) is 18.2. The third-order valence-corrected chi connectivity index (χ3v) is 3.78. The van der Waals surface area contributed by atoms with Crippen LogP contribution >= 0.6 is 0 Å². The van der Waals surface area contributed by atoms with Crippen molar-refractivity contribution in [1.29, 1.82) is 0 Å². The van der Waals surface area contributed by atoms with E-state index >= 15 is 0 Å². The van der Waals surface area contributed by atoms with E-state index in [1.54, 1.807) is 6.92 Å². The first kappa shape index (κ1) is 18.1. The Morgan fingerprint density at radius 3 is 2.79 bits per heavy atom. The second-order valence-electron chi connectivity index (χ2n) is 5.55. The van der Waals surface area contributed by atoms with E-state index < -0.39 is 29.7 Å². The second kappa shape index (κ2) is 7.55. The van der Waals surface area contributed by atoms with Gasteiger partial charge in [-0.05, 0) is 38.0 Å². The topological polar surface area (TPSA) is 58.6 Å². The van der Waals surface area contributed by atoms with E-state index in [1.807, 2.05) is 0 Å². The summed E-state index contributed by atoms with van der Waals surface area (Å²) >= 11 is 0. The fourth-order valence-corrected chi connectivity index (χ4v) is 2.59. The summed E-state index contributed by atoms with van der Waals surface area (Å²) in [5, 5.41) is 2.50. The van der Waals surface area contributed by atoms with Gasteiger partial charge in [0.05, 0.1) is 18.1 Å². The molecule has 0 radical (unpaired) electrons. The number of amides is 2. The van der Waals surface area contributed by atoms with Crippen LogP contribution < -0.4 is 5.32 Å². The largest absolute Gasteiger partial charge is 0.450 e. The molecule has 2 amide bonds. The molecule has 0 spiro atoms. The summed E-state index contributed by atoms with van der Waals surface area (Å²) in [6.07, 6.45) is -3.74. The molecule has 0 aliphatic carbocycles. The predicted octanol–water partition coefficient (Wildman–Crippen LogP) is 3.51. The number of alkyl halides is 3. The van der Waals surface area contributed by atoms with E-state index in [2.05, 4.69) is 5.32 Å². The lowest BCUT2D eigenvalue weighted by Gasteiger charge is -2.31. The number of hydrogen-bond donors (Lipinski definition) is 1. The zero-order valence-corrected chi connectivity index (χ0v) is 13.2. The highest BCUT2D eigenvalue weighted by Crippen LogP contribution is 2.31. The number of likely N-dealkylation sites (tertiary alicyclic amines) is 1. The molecule has 132 valence electrons. The molecular weight excluding hydrogens is 325 g/mol. The molecule has 24 heavy (non-hydrogen) atoms. The SMILES string of the molecule is CCOC(=O)N1CCC[C@@H](C(=O)Nc2cccc(C(F)(F)F)c2)C1. The Morgan fingerprint density at radius 1 is 1.38 bits per heavy atom. The molecular formula is C16H19F3N2O3. The Kier molecular flexibility index (Phi) is 5.69. The second-order valence-corrected chi connectivity index (χ2v) is 5.55. The molecule has 1 aromatic rings. The van der Waals surface area contributed by atoms with Crippen LogP contribution in [-0.4, -0.2) is 36.6 Å². The van der Waals surface area contributed by atoms with E-state index in [1.165, 1.54) is 17.0 Å². The van der Waals surface area contributed by atoms with Crippen LogP contribution in [0, 0.1) is 5.92 Å². The molecule has 1 aliphatic heterocycles. The lowest BCUT2D eigenvalue weighted by molar-refractivity contribution is -0.137. The van der Waals surface area contributed by atoms with Gasteiger partial charge in [-0.1, -0.05) is 6.07 Å². The zero-order chi connectivity index (χ0) is 17.7. The summed E-state index contributed by atoms with van der Waals surface area (Å²) in [6, 6.07) is 4.48. The summed E-state index contributed by atoms with van der Waals surface area (Å²) < 4.78 is 43.0. The Balaban J connectivity index is 2.00. The number of nitrogens with zero attached hydrogens (tertiary/aromatic N) is 1. The monoisotopic (exact) mass is 344 g/mol. The number of piperidine rings is 1. The third-order valence-electron chi connectivity index (χ3n) is 3.78. The lowest BCUT2D eigenvalue weighted by Crippen LogP contribution is -2.44. The highest BCUT2D eigenvalue weighted by Gasteiger charge is 2.32. The number of hydrogen-bond acceptors (Lipinski definition) is 3. The molecule has 0 aromatic heterocycles. The summed E-state index contributed by atoms with van der Waals surface area (Å²) in [6.45, 7) is 2.64. The molecule has 5 nitrogen and oxygen atoms in total. The predicted molar refractivity (Wildman–Crippen MR) is 81.4 cm³/mol. The van der Waals surface area contributed by atoms with Crippen LogP contribution in [0.25, 0.3) is 0 Å². The average molecular weight is 344 g/mol. The highest BCUT2D eigenvalue weighted by atomic mass is 19.4. The lowest BCUT2D eigenvalue weighted by atomic mass is 9.97. The first-order chi connectivity index (χ1) is 11.3. The standard InChI is InChI=1S/C16H19F3N2O3/c1-2-24-15(23)21-8-4-5-11(10-21)14(22)20-13-7-3-6-12(9-13)16(17,18)19/h3,6-7,9,11H,2,4-5,8,10H2,1H3,(H,20,22)/t11-/m1/s1. The quantitative estimate of drug-likeness (QED) is 0.913. The van der Waals surface area contributed by atoms with Crippen molar-refractivity contribution in [2.24, 2.45) is 5.92 Å². The molecule has 1 aromatic carbocycles. The Morgan fingerprint density at radius 2 is 2.12 bits per heavy atom. The van der Waals surface area contributed by atoms with Crippen molar-refractivity contribution in [2.45, 2.75) is 25.9 Å². The first-order valence-electron chi connectivity index (χ1n) is 7.71.